The molecule has 4 N–H and O–H groups in total. The first-order chi connectivity index (χ1) is 28.4. The summed E-state index contributed by atoms with van der Waals surface area (Å²) in [5.41, 5.74) is 6.85. The number of rotatable bonds is 10. The minimum absolute atomic E-state index is 0.117. The summed E-state index contributed by atoms with van der Waals surface area (Å²) < 4.78 is 16.0. The molecule has 4 amide bonds. The lowest BCUT2D eigenvalue weighted by Crippen LogP contribution is -2.51. The summed E-state index contributed by atoms with van der Waals surface area (Å²) in [6.07, 6.45) is 3.72. The Labute approximate surface area is 341 Å². The smallest absolute Gasteiger partial charge is 0.407 e. The average molecular weight is 803 g/mol. The highest BCUT2D eigenvalue weighted by molar-refractivity contribution is 6.07. The van der Waals surface area contributed by atoms with Crippen LogP contribution in [0.5, 0.6) is 0 Å². The van der Waals surface area contributed by atoms with Crippen LogP contribution < -0.4 is 10.6 Å². The number of nitrogens with one attached hydrogen (secondary N) is 4. The van der Waals surface area contributed by atoms with Crippen molar-refractivity contribution >= 4 is 57.0 Å². The van der Waals surface area contributed by atoms with Crippen molar-refractivity contribution in [3.05, 3.63) is 72.4 Å². The number of H-pyrrole nitrogens is 2. The van der Waals surface area contributed by atoms with Crippen molar-refractivity contribution in [1.82, 2.24) is 40.4 Å². The fourth-order valence-electron chi connectivity index (χ4n) is 8.53. The maximum absolute atomic E-state index is 13.7. The SMILES string of the molecule is COC(=O)NC(C(=O)N1CCC[C@H]1c1ncc(-c2ccc3c(c2)oc2cc(-c4ccc5nc([C@@H]6CCCN6C(=O)[C@@H](NC(=O)OC)C(C)C)[nH]c5c4)ccc23)[nH]1)C(C)C. The highest BCUT2D eigenvalue weighted by Gasteiger charge is 2.39. The molecule has 0 radical (unpaired) electrons. The van der Waals surface area contributed by atoms with Crippen LogP contribution in [0.15, 0.2) is 65.2 Å². The summed E-state index contributed by atoms with van der Waals surface area (Å²) in [4.78, 5) is 71.5. The van der Waals surface area contributed by atoms with E-state index in [1.54, 1.807) is 11.1 Å². The monoisotopic (exact) mass is 802 g/mol. The quantitative estimate of drug-likeness (QED) is 0.108. The Bertz CT molecular complexity index is 2550. The molecule has 15 heteroatoms. The van der Waals surface area contributed by atoms with E-state index in [-0.39, 0.29) is 35.7 Å². The Balaban J connectivity index is 1.01. The van der Waals surface area contributed by atoms with Crippen LogP contribution in [0.25, 0.3) is 55.4 Å². The number of aromatic amines is 2. The van der Waals surface area contributed by atoms with Crippen molar-refractivity contribution in [3.8, 4) is 22.4 Å². The molecule has 0 saturated carbocycles. The normalized spacial score (nSPS) is 18.0. The largest absolute Gasteiger partial charge is 0.456 e. The lowest BCUT2D eigenvalue weighted by molar-refractivity contribution is -0.136. The number of nitrogens with zero attached hydrogens (tertiary/aromatic N) is 4. The van der Waals surface area contributed by atoms with Crippen molar-refractivity contribution in [1.29, 1.82) is 0 Å². The number of amides is 4. The van der Waals surface area contributed by atoms with Crippen LogP contribution in [0.4, 0.5) is 9.59 Å². The van der Waals surface area contributed by atoms with Gasteiger partial charge >= 0.3 is 12.2 Å². The minimum Gasteiger partial charge on any atom is -0.456 e. The number of imidazole rings is 2. The predicted molar refractivity (Wildman–Crippen MR) is 222 cm³/mol. The zero-order valence-electron chi connectivity index (χ0n) is 34.1. The molecule has 0 aliphatic carbocycles. The zero-order valence-corrected chi connectivity index (χ0v) is 34.1. The number of methoxy groups -OCH3 is 2. The molecular formula is C44H50N8O7. The van der Waals surface area contributed by atoms with Gasteiger partial charge in [-0.15, -0.1) is 0 Å². The Hall–Kier alpha value is -6.38. The second-order valence-electron chi connectivity index (χ2n) is 16.2. The van der Waals surface area contributed by atoms with Crippen LogP contribution in [0.3, 0.4) is 0 Å². The number of fused-ring (bicyclic) bond motifs is 4. The van der Waals surface area contributed by atoms with Gasteiger partial charge in [0, 0.05) is 29.4 Å². The zero-order chi connectivity index (χ0) is 41.5. The Morgan fingerprint density at radius 2 is 1.24 bits per heavy atom. The number of likely N-dealkylation sites (tertiary alicyclic amines) is 2. The molecule has 2 aliphatic rings. The van der Waals surface area contributed by atoms with Gasteiger partial charge in [0.1, 0.15) is 34.9 Å². The third kappa shape index (κ3) is 7.56. The summed E-state index contributed by atoms with van der Waals surface area (Å²) in [5, 5.41) is 7.40. The van der Waals surface area contributed by atoms with Crippen molar-refractivity contribution in [2.45, 2.75) is 77.5 Å². The van der Waals surface area contributed by atoms with Gasteiger partial charge in [-0.1, -0.05) is 45.9 Å². The predicted octanol–water partition coefficient (Wildman–Crippen LogP) is 7.61. The number of ether oxygens (including phenoxy) is 2. The molecule has 0 spiro atoms. The van der Waals surface area contributed by atoms with Gasteiger partial charge in [-0.25, -0.2) is 19.6 Å². The highest BCUT2D eigenvalue weighted by Crippen LogP contribution is 2.38. The fourth-order valence-corrected chi connectivity index (χ4v) is 8.53. The Morgan fingerprint density at radius 3 is 1.81 bits per heavy atom. The number of alkyl carbamates (subject to hydrolysis) is 2. The van der Waals surface area contributed by atoms with Gasteiger partial charge in [-0.05, 0) is 85.0 Å². The summed E-state index contributed by atoms with van der Waals surface area (Å²) >= 11 is 0. The molecule has 308 valence electrons. The molecule has 2 saturated heterocycles. The van der Waals surface area contributed by atoms with E-state index in [4.69, 9.17) is 23.9 Å². The summed E-state index contributed by atoms with van der Waals surface area (Å²) in [5.74, 6) is 0.882. The molecule has 8 rings (SSSR count). The van der Waals surface area contributed by atoms with Gasteiger partial charge < -0.3 is 44.3 Å². The van der Waals surface area contributed by atoms with Crippen molar-refractivity contribution < 1.29 is 33.1 Å². The van der Waals surface area contributed by atoms with E-state index in [0.717, 1.165) is 86.9 Å². The number of furan rings is 1. The summed E-state index contributed by atoms with van der Waals surface area (Å²) in [6, 6.07) is 16.5. The van der Waals surface area contributed by atoms with E-state index in [2.05, 4.69) is 44.9 Å². The molecule has 15 nitrogen and oxygen atoms in total. The van der Waals surface area contributed by atoms with Crippen molar-refractivity contribution in [2.75, 3.05) is 27.3 Å². The number of carbonyl (C=O) groups is 4. The lowest BCUT2D eigenvalue weighted by atomic mass is 10.0. The van der Waals surface area contributed by atoms with Crippen molar-refractivity contribution in [2.24, 2.45) is 11.8 Å². The lowest BCUT2D eigenvalue weighted by Gasteiger charge is -2.30. The van der Waals surface area contributed by atoms with Crippen LogP contribution in [0, 0.1) is 11.8 Å². The van der Waals surface area contributed by atoms with Crippen LogP contribution in [-0.4, -0.2) is 93.1 Å². The van der Waals surface area contributed by atoms with Crippen LogP contribution in [0.1, 0.15) is 77.1 Å². The molecule has 5 heterocycles. The molecular weight excluding hydrogens is 753 g/mol. The highest BCUT2D eigenvalue weighted by atomic mass is 16.5. The molecule has 4 atom stereocenters. The van der Waals surface area contributed by atoms with E-state index in [1.165, 1.54) is 14.2 Å². The third-order valence-corrected chi connectivity index (χ3v) is 11.7. The molecule has 2 aliphatic heterocycles. The minimum atomic E-state index is -0.704. The van der Waals surface area contributed by atoms with Gasteiger partial charge in [0.2, 0.25) is 11.8 Å². The first-order valence-electron chi connectivity index (χ1n) is 20.3. The van der Waals surface area contributed by atoms with Gasteiger partial charge in [-0.3, -0.25) is 9.59 Å². The molecule has 6 aromatic rings. The van der Waals surface area contributed by atoms with Gasteiger partial charge in [0.05, 0.1) is 49.2 Å². The second-order valence-corrected chi connectivity index (χ2v) is 16.2. The standard InChI is InChI=1S/C44H50N8O7/c1-23(2)37(49-43(55)57-5)41(53)51-17-7-9-33(51)39-45-22-32(48-39)27-12-15-29-28-14-11-26(20-35(28)59-36(29)21-27)25-13-16-30-31(19-25)47-40(46-30)34-10-8-18-52(34)42(54)38(24(3)4)50-44(56)58-6/h11-16,19-24,33-34,37-38H,7-10,17-18H2,1-6H3,(H,45,48)(H,46,47)(H,49,55)(H,50,56)/t33-,34-,37?,38-/m0/s1. The van der Waals surface area contributed by atoms with Crippen LogP contribution in [0.2, 0.25) is 0 Å². The number of hydrogen-bond donors (Lipinski definition) is 4. The number of aromatic nitrogens is 4. The second kappa shape index (κ2) is 16.1. The maximum Gasteiger partial charge on any atom is 0.407 e. The third-order valence-electron chi connectivity index (χ3n) is 11.7. The van der Waals surface area contributed by atoms with Gasteiger partial charge in [-0.2, -0.15) is 0 Å². The van der Waals surface area contributed by atoms with E-state index in [1.807, 2.05) is 62.9 Å². The summed E-state index contributed by atoms with van der Waals surface area (Å²) in [7, 11) is 2.58. The summed E-state index contributed by atoms with van der Waals surface area (Å²) in [6.45, 7) is 8.76. The molecule has 3 aromatic heterocycles. The van der Waals surface area contributed by atoms with Crippen molar-refractivity contribution in [3.63, 3.8) is 0 Å². The molecule has 0 bridgehead atoms. The first kappa shape index (κ1) is 39.4. The van der Waals surface area contributed by atoms with E-state index in [0.29, 0.717) is 18.9 Å². The van der Waals surface area contributed by atoms with Crippen LogP contribution >= 0.6 is 0 Å². The van der Waals surface area contributed by atoms with E-state index >= 15 is 0 Å². The molecule has 59 heavy (non-hydrogen) atoms. The van der Waals surface area contributed by atoms with Crippen LogP contribution in [-0.2, 0) is 19.1 Å². The molecule has 3 aromatic carbocycles. The van der Waals surface area contributed by atoms with E-state index in [9.17, 15) is 19.2 Å². The molecule has 1 unspecified atom stereocenters. The average Bonchev–Trinajstić information content (AvgIpc) is 4.08. The topological polar surface area (TPSA) is 188 Å². The van der Waals surface area contributed by atoms with E-state index < -0.39 is 24.3 Å². The van der Waals surface area contributed by atoms with Gasteiger partial charge in [0.25, 0.3) is 0 Å². The van der Waals surface area contributed by atoms with Gasteiger partial charge in [0.15, 0.2) is 0 Å². The maximum atomic E-state index is 13.7. The molecule has 2 fully saturated rings. The fraction of sp³-hybridized carbons (Fsp3) is 0.409. The number of carbonyl (C=O) groups excluding carboxylic acids is 4. The Kier molecular flexibility index (Phi) is 10.8. The number of benzene rings is 3. The number of hydrogen-bond acceptors (Lipinski definition) is 9. The first-order valence-corrected chi connectivity index (χ1v) is 20.3. The Morgan fingerprint density at radius 1 is 0.712 bits per heavy atom.